The molecular weight excluding hydrogens is 334 g/mol. The zero-order chi connectivity index (χ0) is 19.4. The molecule has 2 aliphatic rings. The molecule has 1 aromatic rings. The number of hydrogen-bond acceptors (Lipinski definition) is 4. The second kappa shape index (κ2) is 5.86. The first kappa shape index (κ1) is 18.5. The van der Waals surface area contributed by atoms with Crippen molar-refractivity contribution >= 4 is 17.6 Å². The number of likely N-dealkylation sites (tertiary alicyclic amines) is 1. The number of amides is 1. The third kappa shape index (κ3) is 2.99. The zero-order valence-electron chi connectivity index (χ0n) is 15.9. The number of pyridine rings is 1. The molecule has 2 heterocycles. The van der Waals surface area contributed by atoms with Crippen LogP contribution in [0.1, 0.15) is 34.6 Å². The standard InChI is InChI=1S/C19H27N3O4/c1-18(2,3)15(21-10-6-7-12(23)20-8-10)16(24)22-9-11-13(19(11,4)5)14(22)17(25)26/h6-8,11,13-15,21H,9H2,1-5H3,(H,20,23)(H,25,26)/t11-,13-,14-,15?/m0/s1. The third-order valence-corrected chi connectivity index (χ3v) is 5.95. The summed E-state index contributed by atoms with van der Waals surface area (Å²) in [6.07, 6.45) is 1.52. The van der Waals surface area contributed by atoms with E-state index in [1.807, 2.05) is 20.8 Å². The summed E-state index contributed by atoms with van der Waals surface area (Å²) >= 11 is 0. The van der Waals surface area contributed by atoms with Gasteiger partial charge >= 0.3 is 5.97 Å². The minimum Gasteiger partial charge on any atom is -0.480 e. The van der Waals surface area contributed by atoms with Crippen LogP contribution in [0.25, 0.3) is 0 Å². The molecule has 2 fully saturated rings. The number of carboxylic acids is 1. The highest BCUT2D eigenvalue weighted by atomic mass is 16.4. The van der Waals surface area contributed by atoms with Crippen molar-refractivity contribution in [1.29, 1.82) is 0 Å². The fraction of sp³-hybridized carbons (Fsp3) is 0.632. The highest BCUT2D eigenvalue weighted by Crippen LogP contribution is 2.65. The molecule has 1 aromatic heterocycles. The van der Waals surface area contributed by atoms with Crippen molar-refractivity contribution in [3.05, 3.63) is 28.7 Å². The van der Waals surface area contributed by atoms with E-state index in [0.717, 1.165) is 0 Å². The number of anilines is 1. The van der Waals surface area contributed by atoms with E-state index in [2.05, 4.69) is 24.1 Å². The van der Waals surface area contributed by atoms with Gasteiger partial charge in [-0.3, -0.25) is 9.59 Å². The molecule has 7 heteroatoms. The van der Waals surface area contributed by atoms with Gasteiger partial charge in [0.1, 0.15) is 12.1 Å². The lowest BCUT2D eigenvalue weighted by Crippen LogP contribution is -2.54. The summed E-state index contributed by atoms with van der Waals surface area (Å²) in [5.41, 5.74) is -0.0569. The molecule has 1 saturated heterocycles. The molecule has 26 heavy (non-hydrogen) atoms. The van der Waals surface area contributed by atoms with Crippen LogP contribution in [0.15, 0.2) is 23.1 Å². The van der Waals surface area contributed by atoms with Crippen LogP contribution in [-0.4, -0.2) is 45.5 Å². The summed E-state index contributed by atoms with van der Waals surface area (Å²) in [6.45, 7) is 10.4. The number of aliphatic carboxylic acids is 1. The lowest BCUT2D eigenvalue weighted by Gasteiger charge is -2.37. The summed E-state index contributed by atoms with van der Waals surface area (Å²) in [7, 11) is 0. The lowest BCUT2D eigenvalue weighted by molar-refractivity contribution is -0.151. The summed E-state index contributed by atoms with van der Waals surface area (Å²) in [5.74, 6) is -0.897. The predicted molar refractivity (Wildman–Crippen MR) is 97.8 cm³/mol. The third-order valence-electron chi connectivity index (χ3n) is 5.95. The maximum atomic E-state index is 13.3. The van der Waals surface area contributed by atoms with Gasteiger partial charge in [0.05, 0.1) is 5.69 Å². The van der Waals surface area contributed by atoms with Gasteiger partial charge in [-0.1, -0.05) is 34.6 Å². The van der Waals surface area contributed by atoms with E-state index in [4.69, 9.17) is 0 Å². The number of nitrogens with one attached hydrogen (secondary N) is 2. The molecule has 3 rings (SSSR count). The van der Waals surface area contributed by atoms with Crippen LogP contribution < -0.4 is 10.9 Å². The van der Waals surface area contributed by atoms with Crippen molar-refractivity contribution in [1.82, 2.24) is 9.88 Å². The molecule has 1 saturated carbocycles. The van der Waals surface area contributed by atoms with Crippen LogP contribution in [0, 0.1) is 22.7 Å². The smallest absolute Gasteiger partial charge is 0.326 e. The Hall–Kier alpha value is -2.31. The van der Waals surface area contributed by atoms with Gasteiger partial charge in [-0.2, -0.15) is 0 Å². The Kier molecular flexibility index (Phi) is 4.16. The fourth-order valence-electron chi connectivity index (χ4n) is 4.28. The molecule has 0 aromatic carbocycles. The first-order valence-corrected chi connectivity index (χ1v) is 8.93. The summed E-state index contributed by atoms with van der Waals surface area (Å²) < 4.78 is 0. The Bertz CT molecular complexity index is 772. The van der Waals surface area contributed by atoms with Crippen LogP contribution in [0.5, 0.6) is 0 Å². The molecule has 0 bridgehead atoms. The second-order valence-electron chi connectivity index (χ2n) is 9.11. The van der Waals surface area contributed by atoms with Crippen molar-refractivity contribution in [3.8, 4) is 0 Å². The second-order valence-corrected chi connectivity index (χ2v) is 9.11. The number of hydrogen-bond donors (Lipinski definition) is 3. The SMILES string of the molecule is CC(C)(C)C(Nc1ccc(=O)[nH]c1)C(=O)N1C[C@H]2[C@@H]([C@H]1C(=O)O)C2(C)C. The summed E-state index contributed by atoms with van der Waals surface area (Å²) in [5, 5.41) is 12.9. The van der Waals surface area contributed by atoms with E-state index < -0.39 is 23.5 Å². The van der Waals surface area contributed by atoms with Gasteiger partial charge in [-0.25, -0.2) is 4.79 Å². The predicted octanol–water partition coefficient (Wildman–Crippen LogP) is 1.77. The van der Waals surface area contributed by atoms with E-state index in [1.54, 1.807) is 6.07 Å². The number of carbonyl (C=O) groups excluding carboxylic acids is 1. The summed E-state index contributed by atoms with van der Waals surface area (Å²) in [6, 6.07) is 1.63. The molecule has 1 aliphatic heterocycles. The van der Waals surface area contributed by atoms with Gasteiger partial charge in [-0.05, 0) is 22.8 Å². The average molecular weight is 361 g/mol. The number of piperidine rings is 1. The fourth-order valence-corrected chi connectivity index (χ4v) is 4.28. The van der Waals surface area contributed by atoms with Crippen molar-refractivity contribution in [2.45, 2.75) is 46.7 Å². The Balaban J connectivity index is 1.85. The Morgan fingerprint density at radius 1 is 1.35 bits per heavy atom. The monoisotopic (exact) mass is 361 g/mol. The van der Waals surface area contributed by atoms with E-state index in [-0.39, 0.29) is 28.7 Å². The molecule has 7 nitrogen and oxygen atoms in total. The topological polar surface area (TPSA) is 103 Å². The van der Waals surface area contributed by atoms with Crippen LogP contribution in [0.3, 0.4) is 0 Å². The van der Waals surface area contributed by atoms with E-state index in [1.165, 1.54) is 17.2 Å². The Labute approximate surface area is 152 Å². The number of H-pyrrole nitrogens is 1. The maximum absolute atomic E-state index is 13.3. The first-order chi connectivity index (χ1) is 11.9. The van der Waals surface area contributed by atoms with Crippen molar-refractivity contribution in [3.63, 3.8) is 0 Å². The van der Waals surface area contributed by atoms with Crippen molar-refractivity contribution in [2.75, 3.05) is 11.9 Å². The molecule has 0 radical (unpaired) electrons. The Morgan fingerprint density at radius 3 is 2.50 bits per heavy atom. The number of aromatic nitrogens is 1. The first-order valence-electron chi connectivity index (χ1n) is 8.93. The highest BCUT2D eigenvalue weighted by Gasteiger charge is 2.70. The molecule has 4 atom stereocenters. The summed E-state index contributed by atoms with van der Waals surface area (Å²) in [4.78, 5) is 40.5. The van der Waals surface area contributed by atoms with Crippen LogP contribution in [-0.2, 0) is 9.59 Å². The normalized spacial score (nSPS) is 27.6. The lowest BCUT2D eigenvalue weighted by atomic mass is 9.85. The van der Waals surface area contributed by atoms with E-state index >= 15 is 0 Å². The molecular formula is C19H27N3O4. The van der Waals surface area contributed by atoms with Crippen molar-refractivity contribution in [2.24, 2.45) is 22.7 Å². The van der Waals surface area contributed by atoms with Gasteiger partial charge in [0.25, 0.3) is 0 Å². The molecule has 0 spiro atoms. The number of nitrogens with zero attached hydrogens (tertiary/aromatic N) is 1. The van der Waals surface area contributed by atoms with E-state index in [0.29, 0.717) is 12.2 Å². The van der Waals surface area contributed by atoms with Crippen LogP contribution in [0.2, 0.25) is 0 Å². The number of carboxylic acid groups (broad SMARTS) is 1. The minimum absolute atomic E-state index is 0.0117. The average Bonchev–Trinajstić information content (AvgIpc) is 2.90. The number of carbonyl (C=O) groups is 2. The van der Waals surface area contributed by atoms with Gasteiger partial charge in [0.15, 0.2) is 0 Å². The van der Waals surface area contributed by atoms with Gasteiger partial charge in [0.2, 0.25) is 11.5 Å². The molecule has 3 N–H and O–H groups in total. The van der Waals surface area contributed by atoms with Gasteiger partial charge < -0.3 is 20.3 Å². The highest BCUT2D eigenvalue weighted by molar-refractivity contribution is 5.91. The molecule has 1 aliphatic carbocycles. The zero-order valence-corrected chi connectivity index (χ0v) is 15.9. The van der Waals surface area contributed by atoms with Crippen LogP contribution >= 0.6 is 0 Å². The minimum atomic E-state index is -0.937. The molecule has 1 unspecified atom stereocenters. The quantitative estimate of drug-likeness (QED) is 0.758. The number of fused-ring (bicyclic) bond motifs is 1. The number of aromatic amines is 1. The van der Waals surface area contributed by atoms with Gasteiger partial charge in [-0.15, -0.1) is 0 Å². The van der Waals surface area contributed by atoms with Crippen molar-refractivity contribution < 1.29 is 14.7 Å². The molecule has 1 amide bonds. The largest absolute Gasteiger partial charge is 0.480 e. The van der Waals surface area contributed by atoms with Crippen LogP contribution in [0.4, 0.5) is 5.69 Å². The van der Waals surface area contributed by atoms with E-state index in [9.17, 15) is 19.5 Å². The van der Waals surface area contributed by atoms with Gasteiger partial charge in [0, 0.05) is 24.7 Å². The Morgan fingerprint density at radius 2 is 2.00 bits per heavy atom. The molecule has 142 valence electrons. The maximum Gasteiger partial charge on any atom is 0.326 e. The number of rotatable bonds is 4.